The van der Waals surface area contributed by atoms with Crippen LogP contribution in [0.3, 0.4) is 0 Å². The van der Waals surface area contributed by atoms with E-state index in [9.17, 15) is 13.2 Å². The van der Waals surface area contributed by atoms with Gasteiger partial charge in [-0.1, -0.05) is 0 Å². The quantitative estimate of drug-likeness (QED) is 0.870. The van der Waals surface area contributed by atoms with Crippen LogP contribution < -0.4 is 9.62 Å². The molecular formula is C12H14N2O3S. The highest BCUT2D eigenvalue weighted by atomic mass is 32.2. The molecule has 0 saturated heterocycles. The number of amides is 1. The maximum absolute atomic E-state index is 12.1. The molecule has 6 heteroatoms. The van der Waals surface area contributed by atoms with Crippen molar-refractivity contribution in [1.29, 1.82) is 0 Å². The predicted molar refractivity (Wildman–Crippen MR) is 69.2 cm³/mol. The number of hydrogen-bond donors (Lipinski definition) is 1. The van der Waals surface area contributed by atoms with Crippen molar-refractivity contribution in [2.24, 2.45) is 0 Å². The number of benzene rings is 1. The molecule has 1 spiro atoms. The van der Waals surface area contributed by atoms with Crippen molar-refractivity contribution in [3.63, 3.8) is 0 Å². The molecule has 1 aromatic carbocycles. The minimum absolute atomic E-state index is 0.119. The van der Waals surface area contributed by atoms with Gasteiger partial charge in [-0.2, -0.15) is 0 Å². The third kappa shape index (κ3) is 1.52. The Balaban J connectivity index is 2.08. The molecule has 1 amide bonds. The molecule has 0 bridgehead atoms. The average Bonchev–Trinajstić information content (AvgIpc) is 3.02. The van der Waals surface area contributed by atoms with Crippen molar-refractivity contribution in [2.75, 3.05) is 22.9 Å². The molecule has 1 N–H and O–H groups in total. The summed E-state index contributed by atoms with van der Waals surface area (Å²) in [6, 6.07) is 5.27. The molecule has 0 aromatic heterocycles. The molecule has 96 valence electrons. The number of likely N-dealkylation sites (N-methyl/N-ethyl adjacent to an activating group) is 1. The molecule has 1 fully saturated rings. The van der Waals surface area contributed by atoms with E-state index in [4.69, 9.17) is 0 Å². The van der Waals surface area contributed by atoms with Gasteiger partial charge >= 0.3 is 0 Å². The van der Waals surface area contributed by atoms with E-state index in [0.29, 0.717) is 5.69 Å². The van der Waals surface area contributed by atoms with E-state index >= 15 is 0 Å². The second-order valence-corrected chi connectivity index (χ2v) is 6.80. The highest BCUT2D eigenvalue weighted by molar-refractivity contribution is 7.92. The second-order valence-electron chi connectivity index (χ2n) is 5.05. The third-order valence-corrected chi connectivity index (χ3v) is 4.25. The fraction of sp³-hybridized carbons (Fsp3) is 0.417. The number of carbonyl (C=O) groups is 1. The van der Waals surface area contributed by atoms with Crippen molar-refractivity contribution in [2.45, 2.75) is 18.3 Å². The highest BCUT2D eigenvalue weighted by Gasteiger charge is 2.58. The highest BCUT2D eigenvalue weighted by Crippen LogP contribution is 2.57. The molecule has 0 atom stereocenters. The van der Waals surface area contributed by atoms with E-state index in [0.717, 1.165) is 30.3 Å². The van der Waals surface area contributed by atoms with E-state index in [1.54, 1.807) is 30.1 Å². The van der Waals surface area contributed by atoms with Gasteiger partial charge in [-0.3, -0.25) is 9.52 Å². The zero-order valence-electron chi connectivity index (χ0n) is 10.2. The summed E-state index contributed by atoms with van der Waals surface area (Å²) in [6.07, 6.45) is 2.82. The first-order valence-corrected chi connectivity index (χ1v) is 7.63. The van der Waals surface area contributed by atoms with Crippen LogP contribution in [-0.2, 0) is 20.2 Å². The van der Waals surface area contributed by atoms with E-state index in [2.05, 4.69) is 4.72 Å². The summed E-state index contributed by atoms with van der Waals surface area (Å²) in [6.45, 7) is 0. The molecule has 1 heterocycles. The number of nitrogens with one attached hydrogen (secondary N) is 1. The van der Waals surface area contributed by atoms with Crippen LogP contribution in [0.15, 0.2) is 18.2 Å². The molecule has 18 heavy (non-hydrogen) atoms. The average molecular weight is 266 g/mol. The van der Waals surface area contributed by atoms with Gasteiger partial charge in [0.05, 0.1) is 11.7 Å². The van der Waals surface area contributed by atoms with Gasteiger partial charge in [0.2, 0.25) is 15.9 Å². The first-order chi connectivity index (χ1) is 8.33. The van der Waals surface area contributed by atoms with Gasteiger partial charge in [0.15, 0.2) is 0 Å². The zero-order valence-corrected chi connectivity index (χ0v) is 11.0. The number of sulfonamides is 1. The summed E-state index contributed by atoms with van der Waals surface area (Å²) in [7, 11) is -1.53. The van der Waals surface area contributed by atoms with E-state index in [1.807, 2.05) is 0 Å². The smallest absolute Gasteiger partial charge is 0.237 e. The Kier molecular flexibility index (Phi) is 2.09. The Morgan fingerprint density at radius 1 is 1.33 bits per heavy atom. The Labute approximate surface area is 106 Å². The molecule has 1 saturated carbocycles. The van der Waals surface area contributed by atoms with Crippen molar-refractivity contribution in [3.05, 3.63) is 23.8 Å². The molecule has 0 unspecified atom stereocenters. The molecule has 5 nitrogen and oxygen atoms in total. The van der Waals surface area contributed by atoms with Gasteiger partial charge in [0, 0.05) is 18.4 Å². The Morgan fingerprint density at radius 3 is 2.56 bits per heavy atom. The van der Waals surface area contributed by atoms with Gasteiger partial charge in [-0.25, -0.2) is 8.42 Å². The van der Waals surface area contributed by atoms with Crippen LogP contribution in [0.4, 0.5) is 11.4 Å². The number of fused-ring (bicyclic) bond motifs is 2. The van der Waals surface area contributed by atoms with E-state index < -0.39 is 10.0 Å². The van der Waals surface area contributed by atoms with Crippen molar-refractivity contribution in [3.8, 4) is 0 Å². The zero-order chi connectivity index (χ0) is 13.1. The molecule has 2 aliphatic rings. The Bertz CT molecular complexity index is 647. The lowest BCUT2D eigenvalue weighted by molar-refractivity contribution is -0.119. The van der Waals surface area contributed by atoms with Gasteiger partial charge < -0.3 is 4.90 Å². The minimum Gasteiger partial charge on any atom is -0.314 e. The SMILES string of the molecule is CN1C(=O)C2(CC2)c2cc(NS(C)(=O)=O)ccc21. The van der Waals surface area contributed by atoms with Crippen LogP contribution in [0.2, 0.25) is 0 Å². The molecule has 1 aliphatic heterocycles. The van der Waals surface area contributed by atoms with E-state index in [1.165, 1.54) is 0 Å². The summed E-state index contributed by atoms with van der Waals surface area (Å²) in [5.41, 5.74) is 1.98. The van der Waals surface area contributed by atoms with Crippen LogP contribution in [0, 0.1) is 0 Å². The molecule has 0 radical (unpaired) electrons. The third-order valence-electron chi connectivity index (χ3n) is 3.64. The van der Waals surface area contributed by atoms with Gasteiger partial charge in [-0.15, -0.1) is 0 Å². The summed E-state index contributed by atoms with van der Waals surface area (Å²) < 4.78 is 24.9. The predicted octanol–water partition coefficient (Wildman–Crippen LogP) is 1.07. The monoisotopic (exact) mass is 266 g/mol. The maximum atomic E-state index is 12.1. The Morgan fingerprint density at radius 2 is 2.00 bits per heavy atom. The number of nitrogens with zero attached hydrogens (tertiary/aromatic N) is 1. The molecular weight excluding hydrogens is 252 g/mol. The lowest BCUT2D eigenvalue weighted by Crippen LogP contribution is -2.27. The summed E-state index contributed by atoms with van der Waals surface area (Å²) >= 11 is 0. The van der Waals surface area contributed by atoms with Crippen LogP contribution in [0.25, 0.3) is 0 Å². The van der Waals surface area contributed by atoms with Crippen LogP contribution in [0.1, 0.15) is 18.4 Å². The van der Waals surface area contributed by atoms with Crippen LogP contribution >= 0.6 is 0 Å². The first-order valence-electron chi connectivity index (χ1n) is 5.74. The summed E-state index contributed by atoms with van der Waals surface area (Å²) in [5, 5.41) is 0. The lowest BCUT2D eigenvalue weighted by Gasteiger charge is -2.10. The fourth-order valence-corrected chi connectivity index (χ4v) is 3.20. The summed E-state index contributed by atoms with van der Waals surface area (Å²) in [4.78, 5) is 13.8. The van der Waals surface area contributed by atoms with E-state index in [-0.39, 0.29) is 11.3 Å². The van der Waals surface area contributed by atoms with Gasteiger partial charge in [0.25, 0.3) is 0 Å². The molecule has 1 aromatic rings. The number of rotatable bonds is 2. The van der Waals surface area contributed by atoms with Crippen LogP contribution in [0.5, 0.6) is 0 Å². The normalized spacial score (nSPS) is 20.1. The number of carbonyl (C=O) groups excluding carboxylic acids is 1. The van der Waals surface area contributed by atoms with Crippen molar-refractivity contribution < 1.29 is 13.2 Å². The van der Waals surface area contributed by atoms with Gasteiger partial charge in [-0.05, 0) is 36.6 Å². The fourth-order valence-electron chi connectivity index (χ4n) is 2.64. The first kappa shape index (κ1) is 11.5. The van der Waals surface area contributed by atoms with Crippen molar-refractivity contribution in [1.82, 2.24) is 0 Å². The maximum Gasteiger partial charge on any atom is 0.237 e. The number of hydrogen-bond acceptors (Lipinski definition) is 3. The molecule has 1 aliphatic carbocycles. The van der Waals surface area contributed by atoms with Crippen molar-refractivity contribution >= 4 is 27.3 Å². The topological polar surface area (TPSA) is 66.5 Å². The largest absolute Gasteiger partial charge is 0.314 e. The minimum atomic E-state index is -3.29. The lowest BCUT2D eigenvalue weighted by atomic mass is 9.97. The summed E-state index contributed by atoms with van der Waals surface area (Å²) in [5.74, 6) is 0.119. The standard InChI is InChI=1S/C12H14N2O3S/c1-14-10-4-3-8(13-18(2,16)17)7-9(10)12(5-6-12)11(14)15/h3-4,7,13H,5-6H2,1-2H3. The van der Waals surface area contributed by atoms with Crippen LogP contribution in [-0.4, -0.2) is 27.6 Å². The second kappa shape index (κ2) is 3.26. The Hall–Kier alpha value is -1.56. The van der Waals surface area contributed by atoms with Gasteiger partial charge in [0.1, 0.15) is 0 Å². The molecule has 3 rings (SSSR count). The number of anilines is 2.